The Balaban J connectivity index is 2.24. The molecule has 0 spiro atoms. The normalized spacial score (nSPS) is 13.6. The molecule has 1 aliphatic rings. The predicted molar refractivity (Wildman–Crippen MR) is 99.4 cm³/mol. The summed E-state index contributed by atoms with van der Waals surface area (Å²) in [4.78, 5) is 39.4. The van der Waals surface area contributed by atoms with Crippen LogP contribution in [0.3, 0.4) is 0 Å². The van der Waals surface area contributed by atoms with Crippen LogP contribution in [0.4, 0.5) is 0 Å². The van der Waals surface area contributed by atoms with E-state index in [0.29, 0.717) is 23.2 Å². The number of ether oxygens (including phenoxy) is 1. The van der Waals surface area contributed by atoms with Gasteiger partial charge in [0, 0.05) is 30.8 Å². The monoisotopic (exact) mass is 362 g/mol. The number of Topliss-reactive ketones (excluding diaryl/α,β-unsaturated/α-hetero) is 1. The molecule has 1 amide bonds. The number of esters is 1. The average molecular weight is 362 g/mol. The van der Waals surface area contributed by atoms with Crippen molar-refractivity contribution in [2.75, 3.05) is 13.2 Å². The topological polar surface area (TPSA) is 68.6 Å². The first-order chi connectivity index (χ1) is 12.3. The summed E-state index contributed by atoms with van der Waals surface area (Å²) in [6.07, 6.45) is 4.21. The first-order valence-corrected chi connectivity index (χ1v) is 9.49. The average Bonchev–Trinajstić information content (AvgIpc) is 3.39. The Morgan fingerprint density at radius 1 is 1.19 bits per heavy atom. The molecule has 26 heavy (non-hydrogen) atoms. The van der Waals surface area contributed by atoms with Crippen molar-refractivity contribution in [3.63, 3.8) is 0 Å². The maximum Gasteiger partial charge on any atom is 0.355 e. The van der Waals surface area contributed by atoms with Crippen LogP contribution in [-0.2, 0) is 16.6 Å². The summed E-state index contributed by atoms with van der Waals surface area (Å²) in [7, 11) is 1.76. The summed E-state index contributed by atoms with van der Waals surface area (Å²) in [5.74, 6) is -0.477. The van der Waals surface area contributed by atoms with Crippen LogP contribution in [0.1, 0.15) is 78.1 Å². The van der Waals surface area contributed by atoms with Crippen molar-refractivity contribution in [2.24, 2.45) is 7.05 Å². The first-order valence-electron chi connectivity index (χ1n) is 9.49. The van der Waals surface area contributed by atoms with Crippen LogP contribution in [0.25, 0.3) is 0 Å². The van der Waals surface area contributed by atoms with Crippen LogP contribution in [0.5, 0.6) is 0 Å². The van der Waals surface area contributed by atoms with Crippen molar-refractivity contribution in [3.05, 3.63) is 22.5 Å². The van der Waals surface area contributed by atoms with Gasteiger partial charge in [-0.05, 0) is 45.6 Å². The highest BCUT2D eigenvalue weighted by Gasteiger charge is 2.35. The summed E-state index contributed by atoms with van der Waals surface area (Å²) in [6, 6.07) is 0.192. The molecule has 1 aromatic heterocycles. The molecule has 1 heterocycles. The molecule has 1 aromatic rings. The number of hydrogen-bond acceptors (Lipinski definition) is 4. The van der Waals surface area contributed by atoms with E-state index in [1.807, 2.05) is 13.8 Å². The molecule has 0 radical (unpaired) electrons. The van der Waals surface area contributed by atoms with Gasteiger partial charge in [-0.3, -0.25) is 9.59 Å². The Morgan fingerprint density at radius 2 is 1.85 bits per heavy atom. The van der Waals surface area contributed by atoms with Gasteiger partial charge >= 0.3 is 5.97 Å². The molecule has 0 unspecified atom stereocenters. The Morgan fingerprint density at radius 3 is 2.38 bits per heavy atom. The van der Waals surface area contributed by atoms with Gasteiger partial charge in [-0.2, -0.15) is 0 Å². The molecule has 0 atom stereocenters. The van der Waals surface area contributed by atoms with Crippen LogP contribution < -0.4 is 0 Å². The summed E-state index contributed by atoms with van der Waals surface area (Å²) in [6.45, 7) is 7.77. The van der Waals surface area contributed by atoms with Gasteiger partial charge in [-0.15, -0.1) is 0 Å². The molecule has 144 valence electrons. The second-order valence-electron chi connectivity index (χ2n) is 6.99. The highest BCUT2D eigenvalue weighted by atomic mass is 16.5. The lowest BCUT2D eigenvalue weighted by Gasteiger charge is -2.22. The van der Waals surface area contributed by atoms with Crippen LogP contribution in [0.2, 0.25) is 0 Å². The van der Waals surface area contributed by atoms with Crippen LogP contribution in [0, 0.1) is 13.8 Å². The van der Waals surface area contributed by atoms with E-state index in [0.717, 1.165) is 31.4 Å². The van der Waals surface area contributed by atoms with Crippen molar-refractivity contribution >= 4 is 17.7 Å². The second kappa shape index (κ2) is 8.52. The second-order valence-corrected chi connectivity index (χ2v) is 6.99. The van der Waals surface area contributed by atoms with E-state index < -0.39 is 5.97 Å². The number of rotatable bonds is 9. The third kappa shape index (κ3) is 4.17. The van der Waals surface area contributed by atoms with E-state index in [1.165, 1.54) is 0 Å². The molecule has 0 aliphatic heterocycles. The number of hydrogen-bond donors (Lipinski definition) is 0. The predicted octanol–water partition coefficient (Wildman–Crippen LogP) is 3.18. The maximum atomic E-state index is 13.0. The molecule has 1 saturated carbocycles. The molecule has 0 bridgehead atoms. The highest BCUT2D eigenvalue weighted by molar-refractivity contribution is 6.04. The van der Waals surface area contributed by atoms with Crippen molar-refractivity contribution < 1.29 is 19.1 Å². The zero-order valence-electron chi connectivity index (χ0n) is 16.6. The van der Waals surface area contributed by atoms with Crippen molar-refractivity contribution in [3.8, 4) is 0 Å². The minimum absolute atomic E-state index is 0.0551. The van der Waals surface area contributed by atoms with Crippen molar-refractivity contribution in [1.29, 1.82) is 0 Å². The van der Waals surface area contributed by atoms with Crippen LogP contribution in [0.15, 0.2) is 0 Å². The van der Waals surface area contributed by atoms with E-state index in [9.17, 15) is 14.4 Å². The molecule has 0 saturated heterocycles. The van der Waals surface area contributed by atoms with Crippen molar-refractivity contribution in [2.45, 2.75) is 65.8 Å². The summed E-state index contributed by atoms with van der Waals surface area (Å²) < 4.78 is 6.82. The Hall–Kier alpha value is -2.11. The van der Waals surface area contributed by atoms with Gasteiger partial charge < -0.3 is 14.2 Å². The minimum Gasteiger partial charge on any atom is -0.461 e. The van der Waals surface area contributed by atoms with Gasteiger partial charge in [0.15, 0.2) is 5.78 Å². The Kier molecular flexibility index (Phi) is 6.62. The van der Waals surface area contributed by atoms with Gasteiger partial charge in [0.05, 0.1) is 13.2 Å². The van der Waals surface area contributed by atoms with Crippen molar-refractivity contribution in [1.82, 2.24) is 9.47 Å². The number of amides is 1. The molecular weight excluding hydrogens is 332 g/mol. The first kappa shape index (κ1) is 20.2. The van der Waals surface area contributed by atoms with E-state index in [1.54, 1.807) is 30.4 Å². The Bertz CT molecular complexity index is 701. The van der Waals surface area contributed by atoms with Gasteiger partial charge in [0.2, 0.25) is 5.91 Å². The van der Waals surface area contributed by atoms with Gasteiger partial charge in [0.25, 0.3) is 0 Å². The molecule has 6 nitrogen and oxygen atoms in total. The van der Waals surface area contributed by atoms with Gasteiger partial charge in [-0.1, -0.05) is 13.3 Å². The molecule has 1 fully saturated rings. The number of nitrogens with zero attached hydrogens (tertiary/aromatic N) is 2. The smallest absolute Gasteiger partial charge is 0.355 e. The van der Waals surface area contributed by atoms with Gasteiger partial charge in [-0.25, -0.2) is 4.79 Å². The molecule has 1 aliphatic carbocycles. The lowest BCUT2D eigenvalue weighted by molar-refractivity contribution is -0.131. The molecular formula is C20H30N2O4. The van der Waals surface area contributed by atoms with E-state index >= 15 is 0 Å². The molecule has 0 N–H and O–H groups in total. The zero-order chi connectivity index (χ0) is 19.4. The minimum atomic E-state index is -0.423. The summed E-state index contributed by atoms with van der Waals surface area (Å²) in [5.41, 5.74) is 2.30. The van der Waals surface area contributed by atoms with E-state index in [-0.39, 0.29) is 30.9 Å². The van der Waals surface area contributed by atoms with Crippen LogP contribution >= 0.6 is 0 Å². The SMILES string of the molecule is CCCCC(=O)N(CC(=O)c1c(C)c(C(=O)OCC)n(C)c1C)C1CC1. The number of carbonyl (C=O) groups is 3. The number of aromatic nitrogens is 1. The molecule has 0 aromatic carbocycles. The fraction of sp³-hybridized carbons (Fsp3) is 0.650. The van der Waals surface area contributed by atoms with E-state index in [4.69, 9.17) is 4.74 Å². The number of carbonyl (C=O) groups excluding carboxylic acids is 3. The third-order valence-corrected chi connectivity index (χ3v) is 5.04. The molecule has 6 heteroatoms. The van der Waals surface area contributed by atoms with E-state index in [2.05, 4.69) is 0 Å². The fourth-order valence-electron chi connectivity index (χ4n) is 3.39. The lowest BCUT2D eigenvalue weighted by atomic mass is 10.0. The summed E-state index contributed by atoms with van der Waals surface area (Å²) in [5, 5.41) is 0. The van der Waals surface area contributed by atoms with Crippen LogP contribution in [-0.4, -0.2) is 46.3 Å². The zero-order valence-corrected chi connectivity index (χ0v) is 16.6. The van der Waals surface area contributed by atoms with Gasteiger partial charge in [0.1, 0.15) is 5.69 Å². The summed E-state index contributed by atoms with van der Waals surface area (Å²) >= 11 is 0. The molecule has 2 rings (SSSR count). The third-order valence-electron chi connectivity index (χ3n) is 5.04. The maximum absolute atomic E-state index is 13.0. The highest BCUT2D eigenvalue weighted by Crippen LogP contribution is 2.29. The Labute approximate surface area is 155 Å². The quantitative estimate of drug-likeness (QED) is 0.500. The lowest BCUT2D eigenvalue weighted by Crippen LogP contribution is -2.37. The number of unbranched alkanes of at least 4 members (excludes halogenated alkanes) is 1. The fourth-order valence-corrected chi connectivity index (χ4v) is 3.39. The number of ketones is 1. The largest absolute Gasteiger partial charge is 0.461 e. The standard InChI is InChI=1S/C20H30N2O4/c1-6-8-9-17(24)22(15-10-11-15)12-16(23)18-13(3)19(20(25)26-7-2)21(5)14(18)4/h15H,6-12H2,1-5H3.